The fraction of sp³-hybridized carbons (Fsp3) is 0.423. The van der Waals surface area contributed by atoms with Crippen LogP contribution in [0.1, 0.15) is 27.8 Å². The van der Waals surface area contributed by atoms with Crippen LogP contribution >= 0.6 is 11.3 Å². The zero-order valence-electron chi connectivity index (χ0n) is 19.7. The minimum absolute atomic E-state index is 0.00512. The van der Waals surface area contributed by atoms with Crippen LogP contribution in [-0.4, -0.2) is 66.9 Å². The number of aryl methyl sites for hydroxylation is 1. The Morgan fingerprint density at radius 3 is 2.85 bits per heavy atom. The fourth-order valence-electron chi connectivity index (χ4n) is 4.32. The second kappa shape index (κ2) is 11.7. The lowest BCUT2D eigenvalue weighted by Gasteiger charge is -2.37. The summed E-state index contributed by atoms with van der Waals surface area (Å²) < 4.78 is 16.7. The Kier molecular flexibility index (Phi) is 8.39. The van der Waals surface area contributed by atoms with Gasteiger partial charge in [0.15, 0.2) is 0 Å². The summed E-state index contributed by atoms with van der Waals surface area (Å²) in [5, 5.41) is 12.4. The molecule has 0 fully saturated rings. The van der Waals surface area contributed by atoms with E-state index in [4.69, 9.17) is 13.9 Å². The number of aliphatic hydroxyl groups is 1. The van der Waals surface area contributed by atoms with Crippen LogP contribution in [0.15, 0.2) is 58.5 Å². The Morgan fingerprint density at radius 1 is 1.29 bits per heavy atom. The minimum Gasteiger partial charge on any atom is -0.491 e. The number of ether oxygens (including phenoxy) is 2. The summed E-state index contributed by atoms with van der Waals surface area (Å²) in [6.45, 7) is 4.19. The number of benzene rings is 1. The van der Waals surface area contributed by atoms with E-state index in [1.165, 1.54) is 10.4 Å². The molecule has 0 spiro atoms. The van der Waals surface area contributed by atoms with Crippen LogP contribution in [0.4, 0.5) is 0 Å². The highest BCUT2D eigenvalue weighted by atomic mass is 32.1. The van der Waals surface area contributed by atoms with Gasteiger partial charge in [-0.1, -0.05) is 17.7 Å². The Bertz CT molecular complexity index is 1030. The third-order valence-electron chi connectivity index (χ3n) is 5.99. The largest absolute Gasteiger partial charge is 0.491 e. The van der Waals surface area contributed by atoms with Crippen LogP contribution in [0.5, 0.6) is 5.75 Å². The van der Waals surface area contributed by atoms with Gasteiger partial charge in [0.05, 0.1) is 38.1 Å². The highest BCUT2D eigenvalue weighted by Gasteiger charge is 2.33. The van der Waals surface area contributed by atoms with Gasteiger partial charge in [-0.2, -0.15) is 0 Å². The van der Waals surface area contributed by atoms with Crippen LogP contribution in [-0.2, 0) is 22.5 Å². The molecule has 0 radical (unpaired) electrons. The number of nitrogens with zero attached hydrogens (tertiary/aromatic N) is 2. The molecule has 3 aromatic rings. The summed E-state index contributed by atoms with van der Waals surface area (Å²) >= 11 is 1.73. The maximum atomic E-state index is 13.6. The second-order valence-electron chi connectivity index (χ2n) is 8.63. The van der Waals surface area contributed by atoms with E-state index in [2.05, 4.69) is 11.4 Å². The number of carbonyl (C=O) groups excluding carboxylic acids is 1. The Labute approximate surface area is 204 Å². The number of methoxy groups -OCH3 is 1. The predicted molar refractivity (Wildman–Crippen MR) is 131 cm³/mol. The highest BCUT2D eigenvalue weighted by Crippen LogP contribution is 2.34. The quantitative estimate of drug-likeness (QED) is 0.448. The van der Waals surface area contributed by atoms with Crippen LogP contribution in [0, 0.1) is 6.92 Å². The SMILES string of the molecule is COC[C@H](O)CN(CC(=O)N1CCc2sccc2[C@@H]1COc1ccc(C)cc1)Cc1ccco1. The topological polar surface area (TPSA) is 75.4 Å². The number of hydrogen-bond acceptors (Lipinski definition) is 7. The fourth-order valence-corrected chi connectivity index (χ4v) is 5.25. The molecule has 182 valence electrons. The Morgan fingerprint density at radius 2 is 2.12 bits per heavy atom. The van der Waals surface area contributed by atoms with Crippen molar-refractivity contribution in [3.05, 3.63) is 75.9 Å². The number of fused-ring (bicyclic) bond motifs is 1. The molecule has 34 heavy (non-hydrogen) atoms. The molecule has 0 unspecified atom stereocenters. The van der Waals surface area contributed by atoms with Gasteiger partial charge in [-0.15, -0.1) is 11.3 Å². The van der Waals surface area contributed by atoms with Gasteiger partial charge in [0, 0.05) is 25.1 Å². The van der Waals surface area contributed by atoms with Crippen molar-refractivity contribution in [3.63, 3.8) is 0 Å². The van der Waals surface area contributed by atoms with Crippen molar-refractivity contribution < 1.29 is 23.8 Å². The summed E-state index contributed by atoms with van der Waals surface area (Å²) in [4.78, 5) is 18.7. The normalized spacial score (nSPS) is 16.5. The monoisotopic (exact) mass is 484 g/mol. The highest BCUT2D eigenvalue weighted by molar-refractivity contribution is 7.10. The van der Waals surface area contributed by atoms with Crippen LogP contribution < -0.4 is 4.74 Å². The maximum Gasteiger partial charge on any atom is 0.237 e. The van der Waals surface area contributed by atoms with E-state index in [-0.39, 0.29) is 25.1 Å². The first kappa shape index (κ1) is 24.5. The van der Waals surface area contributed by atoms with E-state index in [9.17, 15) is 9.90 Å². The van der Waals surface area contributed by atoms with Crippen LogP contribution in [0.25, 0.3) is 0 Å². The lowest BCUT2D eigenvalue weighted by molar-refractivity contribution is -0.136. The molecule has 1 aliphatic rings. The molecule has 3 heterocycles. The van der Waals surface area contributed by atoms with Crippen LogP contribution in [0.3, 0.4) is 0 Å². The first-order valence-electron chi connectivity index (χ1n) is 11.5. The zero-order chi connectivity index (χ0) is 23.9. The number of amides is 1. The first-order chi connectivity index (χ1) is 16.5. The van der Waals surface area contributed by atoms with E-state index in [0.29, 0.717) is 26.2 Å². The molecule has 0 bridgehead atoms. The molecule has 7 nitrogen and oxygen atoms in total. The Balaban J connectivity index is 1.48. The molecular formula is C26H32N2O5S. The van der Waals surface area contributed by atoms with Crippen molar-refractivity contribution in [2.75, 3.05) is 40.0 Å². The van der Waals surface area contributed by atoms with Gasteiger partial charge in [-0.3, -0.25) is 9.69 Å². The summed E-state index contributed by atoms with van der Waals surface area (Å²) in [5.41, 5.74) is 2.34. The molecule has 0 saturated carbocycles. The molecule has 0 aliphatic carbocycles. The van der Waals surface area contributed by atoms with E-state index in [0.717, 1.165) is 23.5 Å². The molecule has 1 aliphatic heterocycles. The van der Waals surface area contributed by atoms with Crippen molar-refractivity contribution in [1.82, 2.24) is 9.80 Å². The average molecular weight is 485 g/mol. The molecule has 1 amide bonds. The van der Waals surface area contributed by atoms with Gasteiger partial charge in [-0.25, -0.2) is 0 Å². The second-order valence-corrected chi connectivity index (χ2v) is 9.63. The van der Waals surface area contributed by atoms with E-state index < -0.39 is 6.10 Å². The van der Waals surface area contributed by atoms with Crippen molar-refractivity contribution >= 4 is 17.2 Å². The standard InChI is InChI=1S/C26H32N2O5S/c1-19-5-7-21(8-6-19)33-18-24-23-10-13-34-25(23)9-11-28(24)26(30)16-27(14-20(29)17-31-2)15-22-4-3-12-32-22/h3-8,10,12-13,20,24,29H,9,11,14-18H2,1-2H3/t20-,24+/m1/s1. The Hall–Kier alpha value is -2.65. The zero-order valence-corrected chi connectivity index (χ0v) is 20.5. The predicted octanol–water partition coefficient (Wildman–Crippen LogP) is 3.66. The molecule has 2 aromatic heterocycles. The minimum atomic E-state index is -0.696. The van der Waals surface area contributed by atoms with Crippen molar-refractivity contribution in [2.45, 2.75) is 32.0 Å². The van der Waals surface area contributed by atoms with E-state index in [1.54, 1.807) is 24.7 Å². The lowest BCUT2D eigenvalue weighted by atomic mass is 10.0. The molecule has 8 heteroatoms. The molecule has 0 saturated heterocycles. The lowest BCUT2D eigenvalue weighted by Crippen LogP contribution is -2.47. The van der Waals surface area contributed by atoms with Gasteiger partial charge >= 0.3 is 0 Å². The summed E-state index contributed by atoms with van der Waals surface area (Å²) in [6, 6.07) is 13.6. The van der Waals surface area contributed by atoms with Gasteiger partial charge in [0.1, 0.15) is 18.1 Å². The number of carbonyl (C=O) groups is 1. The average Bonchev–Trinajstić information content (AvgIpc) is 3.50. The first-order valence-corrected chi connectivity index (χ1v) is 12.4. The number of aliphatic hydroxyl groups excluding tert-OH is 1. The number of furan rings is 1. The third kappa shape index (κ3) is 6.27. The number of rotatable bonds is 11. The summed E-state index contributed by atoms with van der Waals surface area (Å²) in [7, 11) is 1.55. The number of thiophene rings is 1. The summed E-state index contributed by atoms with van der Waals surface area (Å²) in [5.74, 6) is 1.54. The smallest absolute Gasteiger partial charge is 0.237 e. The molecule has 2 atom stereocenters. The summed E-state index contributed by atoms with van der Waals surface area (Å²) in [6.07, 6.45) is 1.75. The van der Waals surface area contributed by atoms with Gasteiger partial charge in [0.2, 0.25) is 5.91 Å². The van der Waals surface area contributed by atoms with Gasteiger partial charge in [0.25, 0.3) is 0 Å². The third-order valence-corrected chi connectivity index (χ3v) is 6.99. The van der Waals surface area contributed by atoms with Gasteiger partial charge < -0.3 is 23.9 Å². The number of hydrogen-bond donors (Lipinski definition) is 1. The van der Waals surface area contributed by atoms with Crippen LogP contribution in [0.2, 0.25) is 0 Å². The molecule has 1 aromatic carbocycles. The molecule has 1 N–H and O–H groups in total. The molecule has 4 rings (SSSR count). The van der Waals surface area contributed by atoms with Crippen molar-refractivity contribution in [1.29, 1.82) is 0 Å². The van der Waals surface area contributed by atoms with Crippen molar-refractivity contribution in [2.24, 2.45) is 0 Å². The van der Waals surface area contributed by atoms with Crippen molar-refractivity contribution in [3.8, 4) is 5.75 Å². The maximum absolute atomic E-state index is 13.6. The van der Waals surface area contributed by atoms with E-state index in [1.807, 2.05) is 53.1 Å². The van der Waals surface area contributed by atoms with E-state index >= 15 is 0 Å². The van der Waals surface area contributed by atoms with Gasteiger partial charge in [-0.05, 0) is 54.6 Å². The molecular weight excluding hydrogens is 452 g/mol.